The van der Waals surface area contributed by atoms with Crippen LogP contribution in [0.1, 0.15) is 26.3 Å². The monoisotopic (exact) mass is 248 g/mol. The molecule has 0 radical (unpaired) electrons. The molecule has 0 aromatic heterocycles. The number of carbonyl (C=O) groups excluding carboxylic acids is 1. The van der Waals surface area contributed by atoms with Crippen LogP contribution in [0.3, 0.4) is 0 Å². The van der Waals surface area contributed by atoms with Gasteiger partial charge in [-0.3, -0.25) is 4.79 Å². The average Bonchev–Trinajstić information content (AvgIpc) is 2.27. The van der Waals surface area contributed by atoms with Crippen LogP contribution in [0, 0.1) is 0 Å². The maximum Gasteiger partial charge on any atom is 0.347 e. The van der Waals surface area contributed by atoms with E-state index in [2.05, 4.69) is 0 Å². The topological polar surface area (TPSA) is 63.6 Å². The number of ether oxygens (including phenoxy) is 1. The van der Waals surface area contributed by atoms with Crippen molar-refractivity contribution in [3.63, 3.8) is 0 Å². The standard InChI is InChI=1S/C14H16O4/c1-10(15)4-5-11-6-8-12(9-7-11)18-14(2,3)13(16)17/h4-9H,1-3H3,(H,16,17). The molecule has 0 aliphatic heterocycles. The number of benzene rings is 1. The van der Waals surface area contributed by atoms with Gasteiger partial charge >= 0.3 is 5.97 Å². The first kappa shape index (κ1) is 14.0. The zero-order chi connectivity index (χ0) is 13.8. The lowest BCUT2D eigenvalue weighted by molar-refractivity contribution is -0.152. The van der Waals surface area contributed by atoms with Gasteiger partial charge in [-0.05, 0) is 44.5 Å². The molecule has 0 bridgehead atoms. The Labute approximate surface area is 106 Å². The maximum absolute atomic E-state index is 10.9. The predicted molar refractivity (Wildman–Crippen MR) is 68.5 cm³/mol. The van der Waals surface area contributed by atoms with E-state index in [4.69, 9.17) is 9.84 Å². The van der Waals surface area contributed by atoms with Crippen LogP contribution >= 0.6 is 0 Å². The summed E-state index contributed by atoms with van der Waals surface area (Å²) in [5.41, 5.74) is -0.415. The van der Waals surface area contributed by atoms with E-state index in [1.807, 2.05) is 0 Å². The lowest BCUT2D eigenvalue weighted by Gasteiger charge is -2.21. The third-order valence-corrected chi connectivity index (χ3v) is 2.28. The Morgan fingerprint density at radius 1 is 1.22 bits per heavy atom. The summed E-state index contributed by atoms with van der Waals surface area (Å²) < 4.78 is 5.35. The minimum Gasteiger partial charge on any atom is -0.478 e. The number of aliphatic carboxylic acids is 1. The molecule has 4 nitrogen and oxygen atoms in total. The molecule has 0 spiro atoms. The SMILES string of the molecule is CC(=O)C=Cc1ccc(OC(C)(C)C(=O)O)cc1. The molecule has 0 heterocycles. The Hall–Kier alpha value is -2.10. The highest BCUT2D eigenvalue weighted by atomic mass is 16.5. The van der Waals surface area contributed by atoms with Gasteiger partial charge in [0.15, 0.2) is 11.4 Å². The molecule has 0 aliphatic carbocycles. The fourth-order valence-corrected chi connectivity index (χ4v) is 1.20. The number of rotatable bonds is 5. The number of ketones is 1. The predicted octanol–water partition coefficient (Wildman–Crippen LogP) is 2.53. The van der Waals surface area contributed by atoms with Crippen LogP contribution in [0.4, 0.5) is 0 Å². The molecule has 0 saturated carbocycles. The molecule has 1 rings (SSSR count). The molecule has 0 fully saturated rings. The van der Waals surface area contributed by atoms with Crippen molar-refractivity contribution in [2.45, 2.75) is 26.4 Å². The molecular weight excluding hydrogens is 232 g/mol. The third kappa shape index (κ3) is 4.05. The molecule has 0 unspecified atom stereocenters. The quantitative estimate of drug-likeness (QED) is 0.813. The van der Waals surface area contributed by atoms with Crippen molar-refractivity contribution in [3.05, 3.63) is 35.9 Å². The first-order valence-electron chi connectivity index (χ1n) is 5.52. The van der Waals surface area contributed by atoms with Crippen LogP contribution in [0.25, 0.3) is 6.08 Å². The van der Waals surface area contributed by atoms with E-state index in [9.17, 15) is 9.59 Å². The molecule has 0 aliphatic rings. The van der Waals surface area contributed by atoms with Gasteiger partial charge < -0.3 is 9.84 Å². The van der Waals surface area contributed by atoms with Gasteiger partial charge in [-0.25, -0.2) is 4.79 Å². The van der Waals surface area contributed by atoms with Gasteiger partial charge in [0.2, 0.25) is 0 Å². The molecule has 4 heteroatoms. The smallest absolute Gasteiger partial charge is 0.347 e. The van der Waals surface area contributed by atoms with E-state index in [0.717, 1.165) is 5.56 Å². The maximum atomic E-state index is 10.9. The van der Waals surface area contributed by atoms with E-state index in [1.54, 1.807) is 30.3 Å². The van der Waals surface area contributed by atoms with Crippen LogP contribution in [-0.4, -0.2) is 22.5 Å². The van der Waals surface area contributed by atoms with Gasteiger partial charge in [-0.2, -0.15) is 0 Å². The van der Waals surface area contributed by atoms with Crippen LogP contribution in [0.15, 0.2) is 30.3 Å². The summed E-state index contributed by atoms with van der Waals surface area (Å²) in [6, 6.07) is 6.86. The molecule has 1 N–H and O–H groups in total. The summed E-state index contributed by atoms with van der Waals surface area (Å²) >= 11 is 0. The van der Waals surface area contributed by atoms with Gasteiger partial charge in [0, 0.05) is 0 Å². The summed E-state index contributed by atoms with van der Waals surface area (Å²) in [5.74, 6) is -0.576. The average molecular weight is 248 g/mol. The summed E-state index contributed by atoms with van der Waals surface area (Å²) in [6.07, 6.45) is 3.16. The largest absolute Gasteiger partial charge is 0.478 e. The fourth-order valence-electron chi connectivity index (χ4n) is 1.20. The summed E-state index contributed by atoms with van der Waals surface area (Å²) in [5, 5.41) is 8.93. The van der Waals surface area contributed by atoms with Gasteiger partial charge in [-0.15, -0.1) is 0 Å². The number of carbonyl (C=O) groups is 2. The first-order chi connectivity index (χ1) is 8.31. The van der Waals surface area contributed by atoms with Crippen molar-refractivity contribution in [1.29, 1.82) is 0 Å². The molecular formula is C14H16O4. The van der Waals surface area contributed by atoms with Crippen LogP contribution in [0.5, 0.6) is 5.75 Å². The number of allylic oxidation sites excluding steroid dienone is 1. The fraction of sp³-hybridized carbons (Fsp3) is 0.286. The van der Waals surface area contributed by atoms with Crippen molar-refractivity contribution in [1.82, 2.24) is 0 Å². The Kier molecular flexibility index (Phi) is 4.26. The zero-order valence-electron chi connectivity index (χ0n) is 10.6. The second kappa shape index (κ2) is 5.49. The van der Waals surface area contributed by atoms with E-state index in [0.29, 0.717) is 5.75 Å². The van der Waals surface area contributed by atoms with Gasteiger partial charge in [-0.1, -0.05) is 18.2 Å². The van der Waals surface area contributed by atoms with E-state index < -0.39 is 11.6 Å². The molecule has 0 saturated heterocycles. The van der Waals surface area contributed by atoms with Crippen LogP contribution in [-0.2, 0) is 9.59 Å². The van der Waals surface area contributed by atoms with Gasteiger partial charge in [0.25, 0.3) is 0 Å². The Bertz CT molecular complexity index is 469. The highest BCUT2D eigenvalue weighted by molar-refractivity contribution is 5.91. The number of hydrogen-bond acceptors (Lipinski definition) is 3. The van der Waals surface area contributed by atoms with Crippen LogP contribution in [0.2, 0.25) is 0 Å². The Balaban J connectivity index is 2.78. The third-order valence-electron chi connectivity index (χ3n) is 2.28. The molecule has 1 aromatic carbocycles. The number of carboxylic acids is 1. The van der Waals surface area contributed by atoms with E-state index >= 15 is 0 Å². The number of carboxylic acid groups (broad SMARTS) is 1. The first-order valence-corrected chi connectivity index (χ1v) is 5.52. The van der Waals surface area contributed by atoms with Crippen molar-refractivity contribution in [2.75, 3.05) is 0 Å². The zero-order valence-corrected chi connectivity index (χ0v) is 10.6. The van der Waals surface area contributed by atoms with Gasteiger partial charge in [0.1, 0.15) is 5.75 Å². The van der Waals surface area contributed by atoms with Crippen molar-refractivity contribution >= 4 is 17.8 Å². The lowest BCUT2D eigenvalue weighted by atomic mass is 10.1. The number of hydrogen-bond donors (Lipinski definition) is 1. The molecule has 0 amide bonds. The lowest BCUT2D eigenvalue weighted by Crippen LogP contribution is -2.37. The van der Waals surface area contributed by atoms with Gasteiger partial charge in [0.05, 0.1) is 0 Å². The Morgan fingerprint density at radius 3 is 2.22 bits per heavy atom. The minimum absolute atomic E-state index is 0.0256. The second-order valence-corrected chi connectivity index (χ2v) is 4.43. The van der Waals surface area contributed by atoms with Crippen molar-refractivity contribution < 1.29 is 19.4 Å². The highest BCUT2D eigenvalue weighted by Gasteiger charge is 2.29. The van der Waals surface area contributed by atoms with Crippen molar-refractivity contribution in [2.24, 2.45) is 0 Å². The highest BCUT2D eigenvalue weighted by Crippen LogP contribution is 2.19. The van der Waals surface area contributed by atoms with Crippen LogP contribution < -0.4 is 4.74 Å². The summed E-state index contributed by atoms with van der Waals surface area (Å²) in [7, 11) is 0. The molecule has 18 heavy (non-hydrogen) atoms. The Morgan fingerprint density at radius 2 is 1.78 bits per heavy atom. The summed E-state index contributed by atoms with van der Waals surface area (Å²) in [6.45, 7) is 4.45. The van der Waals surface area contributed by atoms with E-state index in [1.165, 1.54) is 26.8 Å². The minimum atomic E-state index is -1.27. The second-order valence-electron chi connectivity index (χ2n) is 4.43. The molecule has 1 aromatic rings. The molecule has 0 atom stereocenters. The van der Waals surface area contributed by atoms with E-state index in [-0.39, 0.29) is 5.78 Å². The molecule has 96 valence electrons. The van der Waals surface area contributed by atoms with Crippen molar-refractivity contribution in [3.8, 4) is 5.75 Å². The normalized spacial score (nSPS) is 11.5. The summed E-state index contributed by atoms with van der Waals surface area (Å²) in [4.78, 5) is 21.7.